The van der Waals surface area contributed by atoms with Crippen LogP contribution in [0.5, 0.6) is 0 Å². The van der Waals surface area contributed by atoms with Gasteiger partial charge in [-0.2, -0.15) is 4.31 Å². The van der Waals surface area contributed by atoms with Gasteiger partial charge in [0.1, 0.15) is 12.0 Å². The first kappa shape index (κ1) is 22.2. The largest absolute Gasteiger partial charge is 0.364 e. The van der Waals surface area contributed by atoms with Crippen LogP contribution >= 0.6 is 0 Å². The van der Waals surface area contributed by atoms with E-state index in [1.165, 1.54) is 10.6 Å². The molecule has 0 radical (unpaired) electrons. The molecule has 11 heteroatoms. The average molecular weight is 415 g/mol. The number of carbonyl (C=O) groups excluding carboxylic acids is 1. The lowest BCUT2D eigenvalue weighted by Gasteiger charge is -2.35. The lowest BCUT2D eigenvalue weighted by Crippen LogP contribution is -2.54. The van der Waals surface area contributed by atoms with Crippen LogP contribution < -0.4 is 10.6 Å². The zero-order valence-corrected chi connectivity index (χ0v) is 17.5. The molecule has 28 heavy (non-hydrogen) atoms. The first-order valence-corrected chi connectivity index (χ1v) is 11.1. The van der Waals surface area contributed by atoms with E-state index in [1.54, 1.807) is 13.1 Å². The number of carbonyl (C=O) groups is 1. The predicted octanol–water partition coefficient (Wildman–Crippen LogP) is 0.00220. The number of hydrogen-bond acceptors (Lipinski definition) is 6. The minimum atomic E-state index is -3.43. The summed E-state index contributed by atoms with van der Waals surface area (Å²) in [7, 11) is -1.76. The molecule has 2 heterocycles. The van der Waals surface area contributed by atoms with Gasteiger partial charge in [0.25, 0.3) is 0 Å². The fourth-order valence-corrected chi connectivity index (χ4v) is 4.26. The van der Waals surface area contributed by atoms with E-state index in [9.17, 15) is 13.2 Å². The van der Waals surface area contributed by atoms with Crippen molar-refractivity contribution < 1.29 is 17.7 Å². The third-order valence-electron chi connectivity index (χ3n) is 4.62. The van der Waals surface area contributed by atoms with E-state index < -0.39 is 10.0 Å². The van der Waals surface area contributed by atoms with Crippen molar-refractivity contribution in [2.24, 2.45) is 4.99 Å². The molecular weight excluding hydrogens is 384 g/mol. The Morgan fingerprint density at radius 3 is 2.64 bits per heavy atom. The van der Waals surface area contributed by atoms with E-state index in [1.807, 2.05) is 18.7 Å². The Morgan fingerprint density at radius 2 is 2.07 bits per heavy atom. The summed E-state index contributed by atoms with van der Waals surface area (Å²) in [4.78, 5) is 18.1. The smallest absolute Gasteiger partial charge is 0.221 e. The van der Waals surface area contributed by atoms with Gasteiger partial charge in [-0.3, -0.25) is 9.79 Å². The van der Waals surface area contributed by atoms with Crippen LogP contribution in [0, 0.1) is 0 Å². The van der Waals surface area contributed by atoms with Crippen LogP contribution in [0.15, 0.2) is 21.8 Å². The Morgan fingerprint density at radius 1 is 1.36 bits per heavy atom. The zero-order valence-electron chi connectivity index (χ0n) is 16.7. The molecule has 1 aliphatic heterocycles. The Hall–Kier alpha value is -2.14. The molecule has 1 unspecified atom stereocenters. The summed E-state index contributed by atoms with van der Waals surface area (Å²) < 4.78 is 31.2. The molecule has 1 fully saturated rings. The highest BCUT2D eigenvalue weighted by Gasteiger charge is 2.28. The maximum Gasteiger partial charge on any atom is 0.221 e. The molecule has 1 saturated heterocycles. The van der Waals surface area contributed by atoms with Gasteiger partial charge in [0.15, 0.2) is 5.96 Å². The number of sulfonamides is 1. The number of amides is 1. The molecule has 10 nitrogen and oxygen atoms in total. The Bertz CT molecular complexity index is 742. The molecule has 0 bridgehead atoms. The average Bonchev–Trinajstić information content (AvgIpc) is 3.17. The van der Waals surface area contributed by atoms with E-state index in [-0.39, 0.29) is 17.7 Å². The number of nitrogens with zero attached hydrogens (tertiary/aromatic N) is 4. The van der Waals surface area contributed by atoms with Gasteiger partial charge in [0.05, 0.1) is 5.69 Å². The van der Waals surface area contributed by atoms with E-state index >= 15 is 0 Å². The minimum absolute atomic E-state index is 0.000992. The van der Waals surface area contributed by atoms with Crippen molar-refractivity contribution >= 4 is 21.9 Å². The van der Waals surface area contributed by atoms with Gasteiger partial charge in [-0.15, -0.1) is 0 Å². The monoisotopic (exact) mass is 414 g/mol. The molecule has 1 aromatic heterocycles. The Labute approximate surface area is 166 Å². The van der Waals surface area contributed by atoms with Gasteiger partial charge in [-0.05, 0) is 13.3 Å². The van der Waals surface area contributed by atoms with Crippen molar-refractivity contribution in [2.45, 2.75) is 38.5 Å². The molecule has 1 aliphatic rings. The minimum Gasteiger partial charge on any atom is -0.364 e. The van der Waals surface area contributed by atoms with Gasteiger partial charge < -0.3 is 20.1 Å². The molecule has 0 aliphatic carbocycles. The summed E-state index contributed by atoms with van der Waals surface area (Å²) in [6, 6.07) is 1.72. The third-order valence-corrected chi connectivity index (χ3v) is 6.43. The summed E-state index contributed by atoms with van der Waals surface area (Å²) in [5.74, 6) is 0.507. The number of rotatable bonds is 8. The van der Waals surface area contributed by atoms with Crippen LogP contribution in [-0.2, 0) is 20.6 Å². The Balaban J connectivity index is 1.78. The van der Waals surface area contributed by atoms with Crippen LogP contribution in [0.4, 0.5) is 0 Å². The fraction of sp³-hybridized carbons (Fsp3) is 0.706. The summed E-state index contributed by atoms with van der Waals surface area (Å²) in [6.07, 6.45) is 2.61. The van der Waals surface area contributed by atoms with E-state index in [2.05, 4.69) is 20.8 Å². The molecule has 1 amide bonds. The standard InChI is InChI=1S/C17H30N6O4S/c1-4-14(2)20-16(24)5-7-19-17(18-3)22-8-10-23(11-9-22)28(25,26)13-15-6-12-27-21-15/h6,12,14H,4-5,7-11,13H2,1-3H3,(H,18,19)(H,20,24). The van der Waals surface area contributed by atoms with Crippen molar-refractivity contribution in [1.82, 2.24) is 25.0 Å². The van der Waals surface area contributed by atoms with Gasteiger partial charge in [-0.25, -0.2) is 8.42 Å². The quantitative estimate of drug-likeness (QED) is 0.454. The maximum atomic E-state index is 12.5. The van der Waals surface area contributed by atoms with Crippen LogP contribution in [0.25, 0.3) is 0 Å². The molecule has 2 rings (SSSR count). The molecule has 2 N–H and O–H groups in total. The van der Waals surface area contributed by atoms with E-state index in [0.29, 0.717) is 50.8 Å². The van der Waals surface area contributed by atoms with Crippen molar-refractivity contribution in [3.8, 4) is 0 Å². The first-order chi connectivity index (χ1) is 13.4. The summed E-state index contributed by atoms with van der Waals surface area (Å²) in [5, 5.41) is 9.77. The molecule has 158 valence electrons. The maximum absolute atomic E-state index is 12.5. The molecule has 1 aromatic rings. The second kappa shape index (κ2) is 10.4. The number of guanidine groups is 1. The number of piperazine rings is 1. The number of nitrogens with one attached hydrogen (secondary N) is 2. The van der Waals surface area contributed by atoms with Crippen molar-refractivity contribution in [3.05, 3.63) is 18.0 Å². The summed E-state index contributed by atoms with van der Waals surface area (Å²) >= 11 is 0. The lowest BCUT2D eigenvalue weighted by molar-refractivity contribution is -0.121. The molecular formula is C17H30N6O4S. The van der Waals surface area contributed by atoms with Gasteiger partial charge in [0.2, 0.25) is 15.9 Å². The van der Waals surface area contributed by atoms with Crippen molar-refractivity contribution in [3.63, 3.8) is 0 Å². The number of aliphatic imine (C=N–C) groups is 1. The van der Waals surface area contributed by atoms with Crippen LogP contribution in [-0.4, -0.2) is 80.5 Å². The van der Waals surface area contributed by atoms with Gasteiger partial charge >= 0.3 is 0 Å². The second-order valence-corrected chi connectivity index (χ2v) is 8.70. The van der Waals surface area contributed by atoms with Gasteiger partial charge in [0, 0.05) is 58.3 Å². The number of aromatic nitrogens is 1. The SMILES string of the molecule is CCC(C)NC(=O)CCNC(=NC)N1CCN(S(=O)(=O)Cc2ccon2)CC1. The molecule has 1 atom stereocenters. The summed E-state index contributed by atoms with van der Waals surface area (Å²) in [6.45, 7) is 6.26. The second-order valence-electron chi connectivity index (χ2n) is 6.73. The number of hydrogen-bond donors (Lipinski definition) is 2. The Kier molecular flexibility index (Phi) is 8.24. The van der Waals surface area contributed by atoms with Crippen LogP contribution in [0.1, 0.15) is 32.4 Å². The highest BCUT2D eigenvalue weighted by Crippen LogP contribution is 2.12. The van der Waals surface area contributed by atoms with Crippen molar-refractivity contribution in [1.29, 1.82) is 0 Å². The zero-order chi connectivity index (χ0) is 20.6. The topological polar surface area (TPSA) is 120 Å². The lowest BCUT2D eigenvalue weighted by atomic mass is 10.2. The molecule has 0 spiro atoms. The predicted molar refractivity (Wildman–Crippen MR) is 106 cm³/mol. The highest BCUT2D eigenvalue weighted by atomic mass is 32.2. The first-order valence-electron chi connectivity index (χ1n) is 9.47. The summed E-state index contributed by atoms with van der Waals surface area (Å²) in [5.41, 5.74) is 0.399. The molecule has 0 saturated carbocycles. The highest BCUT2D eigenvalue weighted by molar-refractivity contribution is 7.88. The van der Waals surface area contributed by atoms with Crippen LogP contribution in [0.2, 0.25) is 0 Å². The van der Waals surface area contributed by atoms with E-state index in [0.717, 1.165) is 6.42 Å². The molecule has 0 aromatic carbocycles. The third kappa shape index (κ3) is 6.48. The van der Waals surface area contributed by atoms with E-state index in [4.69, 9.17) is 4.52 Å². The normalized spacial score (nSPS) is 17.4. The van der Waals surface area contributed by atoms with Crippen molar-refractivity contribution in [2.75, 3.05) is 39.8 Å². The van der Waals surface area contributed by atoms with Gasteiger partial charge in [-0.1, -0.05) is 12.1 Å². The fourth-order valence-electron chi connectivity index (χ4n) is 2.84. The van der Waals surface area contributed by atoms with Crippen LogP contribution in [0.3, 0.4) is 0 Å².